The van der Waals surface area contributed by atoms with Gasteiger partial charge in [0.15, 0.2) is 0 Å². The number of aromatic amines is 1. The minimum Gasteiger partial charge on any atom is -0.406 e. The number of hydrogen-bond acceptors (Lipinski definition) is 5. The third-order valence-electron chi connectivity index (χ3n) is 6.00. The summed E-state index contributed by atoms with van der Waals surface area (Å²) in [5.41, 5.74) is 2.10. The molecule has 1 fully saturated rings. The number of halogens is 3. The first-order chi connectivity index (χ1) is 17.3. The van der Waals surface area contributed by atoms with E-state index in [1.807, 2.05) is 11.0 Å². The quantitative estimate of drug-likeness (QED) is 0.454. The van der Waals surface area contributed by atoms with Crippen molar-refractivity contribution in [3.05, 3.63) is 88.7 Å². The van der Waals surface area contributed by atoms with Gasteiger partial charge in [-0.05, 0) is 47.5 Å². The number of carbonyl (C=O) groups excluding carboxylic acids is 1. The Balaban J connectivity index is 1.25. The molecule has 2 heterocycles. The van der Waals surface area contributed by atoms with E-state index in [4.69, 9.17) is 0 Å². The third kappa shape index (κ3) is 5.02. The molecule has 1 N–H and O–H groups in total. The summed E-state index contributed by atoms with van der Waals surface area (Å²) in [6.45, 7) is 1.93. The highest BCUT2D eigenvalue weighted by atomic mass is 19.4. The van der Waals surface area contributed by atoms with E-state index in [9.17, 15) is 22.8 Å². The molecule has 184 valence electrons. The summed E-state index contributed by atoms with van der Waals surface area (Å²) in [7, 11) is 0. The lowest BCUT2D eigenvalue weighted by Gasteiger charge is -2.35. The van der Waals surface area contributed by atoms with Crippen LogP contribution in [0, 0.1) is 0 Å². The van der Waals surface area contributed by atoms with E-state index in [1.54, 1.807) is 53.4 Å². The number of piperazine rings is 1. The number of ether oxygens (including phenoxy) is 1. The molecule has 4 aromatic rings. The van der Waals surface area contributed by atoms with Crippen LogP contribution in [0.5, 0.6) is 5.75 Å². The summed E-state index contributed by atoms with van der Waals surface area (Å²) in [6, 6.07) is 19.5. The normalized spacial score (nSPS) is 14.2. The Morgan fingerprint density at radius 2 is 1.61 bits per heavy atom. The lowest BCUT2D eigenvalue weighted by atomic mass is 10.0. The fourth-order valence-electron chi connectivity index (χ4n) is 4.21. The second-order valence-corrected chi connectivity index (χ2v) is 8.34. The third-order valence-corrected chi connectivity index (χ3v) is 6.00. The molecular weight excluding hydrogens is 473 g/mol. The molecule has 0 spiro atoms. The van der Waals surface area contributed by atoms with Crippen molar-refractivity contribution in [1.29, 1.82) is 0 Å². The Morgan fingerprint density at radius 1 is 0.889 bits per heavy atom. The van der Waals surface area contributed by atoms with Gasteiger partial charge >= 0.3 is 6.36 Å². The van der Waals surface area contributed by atoms with Crippen LogP contribution in [0.2, 0.25) is 0 Å². The van der Waals surface area contributed by atoms with Gasteiger partial charge in [0, 0.05) is 31.7 Å². The van der Waals surface area contributed by atoms with E-state index in [1.165, 1.54) is 18.2 Å². The van der Waals surface area contributed by atoms with Crippen LogP contribution in [0.4, 0.5) is 19.1 Å². The number of hydrogen-bond donors (Lipinski definition) is 1. The Morgan fingerprint density at radius 3 is 2.33 bits per heavy atom. The fraction of sp³-hybridized carbons (Fsp3) is 0.192. The number of aromatic nitrogens is 2. The highest BCUT2D eigenvalue weighted by molar-refractivity contribution is 5.95. The van der Waals surface area contributed by atoms with Crippen molar-refractivity contribution in [3.8, 4) is 16.9 Å². The second kappa shape index (κ2) is 9.37. The van der Waals surface area contributed by atoms with Gasteiger partial charge in [-0.1, -0.05) is 36.4 Å². The van der Waals surface area contributed by atoms with Crippen molar-refractivity contribution >= 4 is 22.8 Å². The van der Waals surface area contributed by atoms with Crippen LogP contribution in [-0.2, 0) is 0 Å². The zero-order valence-corrected chi connectivity index (χ0v) is 19.0. The Bertz CT molecular complexity index is 1460. The molecule has 0 radical (unpaired) electrons. The van der Waals surface area contributed by atoms with Gasteiger partial charge in [-0.3, -0.25) is 14.6 Å². The Kier molecular flexibility index (Phi) is 6.09. The molecular formula is C26H21F3N4O3. The van der Waals surface area contributed by atoms with Crippen LogP contribution in [0.15, 0.2) is 77.6 Å². The molecule has 1 aromatic heterocycles. The molecule has 0 atom stereocenters. The van der Waals surface area contributed by atoms with Crippen molar-refractivity contribution in [2.24, 2.45) is 0 Å². The van der Waals surface area contributed by atoms with E-state index >= 15 is 0 Å². The van der Waals surface area contributed by atoms with Crippen LogP contribution >= 0.6 is 0 Å². The largest absolute Gasteiger partial charge is 0.573 e. The number of nitrogens with one attached hydrogen (secondary N) is 1. The standard InChI is InChI=1S/C26H21F3N4O3/c27-26(28,29)36-20-5-3-4-19(16-20)17-8-10-18(11-9-17)24(35)32-12-14-33(15-13-32)25-30-22-7-2-1-6-21(22)23(34)31-25/h1-11,16H,12-15H2,(H,30,31,34). The zero-order chi connectivity index (χ0) is 25.3. The van der Waals surface area contributed by atoms with Crippen molar-refractivity contribution in [2.45, 2.75) is 6.36 Å². The number of nitrogens with zero attached hydrogens (tertiary/aromatic N) is 3. The molecule has 1 aliphatic rings. The van der Waals surface area contributed by atoms with Crippen LogP contribution in [0.3, 0.4) is 0 Å². The molecule has 1 aliphatic heterocycles. The molecule has 1 saturated heterocycles. The molecule has 0 aliphatic carbocycles. The maximum atomic E-state index is 13.0. The zero-order valence-electron chi connectivity index (χ0n) is 19.0. The van der Waals surface area contributed by atoms with Gasteiger partial charge in [0.05, 0.1) is 10.9 Å². The number of fused-ring (bicyclic) bond motifs is 1. The number of H-pyrrole nitrogens is 1. The average molecular weight is 494 g/mol. The smallest absolute Gasteiger partial charge is 0.406 e. The summed E-state index contributed by atoms with van der Waals surface area (Å²) in [5.74, 6) is 0.0301. The second-order valence-electron chi connectivity index (χ2n) is 8.34. The lowest BCUT2D eigenvalue weighted by molar-refractivity contribution is -0.274. The molecule has 0 saturated carbocycles. The molecule has 36 heavy (non-hydrogen) atoms. The highest BCUT2D eigenvalue weighted by Gasteiger charge is 2.31. The van der Waals surface area contributed by atoms with Gasteiger partial charge in [0.1, 0.15) is 5.75 Å². The van der Waals surface area contributed by atoms with Crippen LogP contribution in [0.1, 0.15) is 10.4 Å². The molecule has 10 heteroatoms. The summed E-state index contributed by atoms with van der Waals surface area (Å²) in [6.07, 6.45) is -4.77. The van der Waals surface area contributed by atoms with Crippen LogP contribution in [-0.4, -0.2) is 53.3 Å². The first-order valence-corrected chi connectivity index (χ1v) is 11.3. The van der Waals surface area contributed by atoms with E-state index in [0.717, 1.165) is 0 Å². The maximum Gasteiger partial charge on any atom is 0.573 e. The minimum atomic E-state index is -4.77. The van der Waals surface area contributed by atoms with Crippen LogP contribution < -0.4 is 15.2 Å². The molecule has 0 unspecified atom stereocenters. The van der Waals surface area contributed by atoms with E-state index in [2.05, 4.69) is 14.7 Å². The van der Waals surface area contributed by atoms with E-state index < -0.39 is 6.36 Å². The number of alkyl halides is 3. The van der Waals surface area contributed by atoms with Crippen molar-refractivity contribution in [2.75, 3.05) is 31.1 Å². The van der Waals surface area contributed by atoms with Gasteiger partial charge in [-0.2, -0.15) is 0 Å². The summed E-state index contributed by atoms with van der Waals surface area (Å²) in [4.78, 5) is 36.4. The topological polar surface area (TPSA) is 78.5 Å². The maximum absolute atomic E-state index is 13.0. The first-order valence-electron chi connectivity index (χ1n) is 11.3. The average Bonchev–Trinajstić information content (AvgIpc) is 2.88. The van der Waals surface area contributed by atoms with Crippen LogP contribution in [0.25, 0.3) is 22.0 Å². The summed E-state index contributed by atoms with van der Waals surface area (Å²) in [5, 5.41) is 0.526. The lowest BCUT2D eigenvalue weighted by Crippen LogP contribution is -2.49. The molecule has 7 nitrogen and oxygen atoms in total. The minimum absolute atomic E-state index is 0.143. The molecule has 5 rings (SSSR count). The SMILES string of the molecule is O=C(c1ccc(-c2cccc(OC(F)(F)F)c2)cc1)N1CCN(c2nc3ccccc3c(=O)[nH]2)CC1. The number of para-hydroxylation sites is 1. The number of benzene rings is 3. The fourth-order valence-corrected chi connectivity index (χ4v) is 4.21. The predicted molar refractivity (Wildman–Crippen MR) is 129 cm³/mol. The number of carbonyl (C=O) groups is 1. The van der Waals surface area contributed by atoms with Gasteiger partial charge < -0.3 is 14.5 Å². The van der Waals surface area contributed by atoms with Gasteiger partial charge in [0.25, 0.3) is 11.5 Å². The van der Waals surface area contributed by atoms with Gasteiger partial charge in [-0.25, -0.2) is 4.98 Å². The highest BCUT2D eigenvalue weighted by Crippen LogP contribution is 2.28. The summed E-state index contributed by atoms with van der Waals surface area (Å²) >= 11 is 0. The molecule has 3 aromatic carbocycles. The number of amides is 1. The van der Waals surface area contributed by atoms with Crippen molar-refractivity contribution < 1.29 is 22.7 Å². The first kappa shape index (κ1) is 23.4. The Hall–Kier alpha value is -4.34. The number of anilines is 1. The van der Waals surface area contributed by atoms with Crippen molar-refractivity contribution in [3.63, 3.8) is 0 Å². The van der Waals surface area contributed by atoms with Crippen molar-refractivity contribution in [1.82, 2.24) is 14.9 Å². The van der Waals surface area contributed by atoms with E-state index in [-0.39, 0.29) is 17.2 Å². The summed E-state index contributed by atoms with van der Waals surface area (Å²) < 4.78 is 41.5. The Labute approximate surface area is 203 Å². The van der Waals surface area contributed by atoms with Gasteiger partial charge in [-0.15, -0.1) is 13.2 Å². The molecule has 1 amide bonds. The van der Waals surface area contributed by atoms with Gasteiger partial charge in [0.2, 0.25) is 5.95 Å². The van der Waals surface area contributed by atoms with E-state index in [0.29, 0.717) is 59.7 Å². The molecule has 0 bridgehead atoms. The predicted octanol–water partition coefficient (Wildman–Crippen LogP) is 4.45. The number of rotatable bonds is 4. The monoisotopic (exact) mass is 494 g/mol.